The smallest absolute Gasteiger partial charge is 0.339 e. The SMILES string of the molecule is COC(=O)C(O)c1c(C)c(Br)c(C)c(OC)c1O. The summed E-state index contributed by atoms with van der Waals surface area (Å²) < 4.78 is 10.2. The van der Waals surface area contributed by atoms with Crippen LogP contribution in [-0.4, -0.2) is 30.4 Å². The summed E-state index contributed by atoms with van der Waals surface area (Å²) >= 11 is 3.34. The molecule has 6 heteroatoms. The molecule has 1 aromatic carbocycles. The first-order valence-corrected chi connectivity index (χ1v) is 5.97. The topological polar surface area (TPSA) is 76.0 Å². The number of carbonyl (C=O) groups excluding carboxylic acids is 1. The zero-order valence-corrected chi connectivity index (χ0v) is 12.2. The second-order valence-electron chi connectivity index (χ2n) is 3.79. The molecule has 2 N–H and O–H groups in total. The van der Waals surface area contributed by atoms with Crippen molar-refractivity contribution < 1.29 is 24.5 Å². The minimum atomic E-state index is -1.55. The number of carbonyl (C=O) groups is 1. The van der Waals surface area contributed by atoms with Gasteiger partial charge in [0.25, 0.3) is 0 Å². The van der Waals surface area contributed by atoms with Crippen molar-refractivity contribution in [2.24, 2.45) is 0 Å². The van der Waals surface area contributed by atoms with Gasteiger partial charge >= 0.3 is 5.97 Å². The molecule has 5 nitrogen and oxygen atoms in total. The molecule has 0 amide bonds. The number of aliphatic hydroxyl groups excluding tert-OH is 1. The van der Waals surface area contributed by atoms with E-state index in [-0.39, 0.29) is 17.1 Å². The summed E-state index contributed by atoms with van der Waals surface area (Å²) in [6, 6.07) is 0. The Kier molecular flexibility index (Phi) is 4.59. The Bertz CT molecular complexity index is 484. The van der Waals surface area contributed by atoms with E-state index in [0.717, 1.165) is 0 Å². The second-order valence-corrected chi connectivity index (χ2v) is 4.58. The van der Waals surface area contributed by atoms with Crippen LogP contribution >= 0.6 is 15.9 Å². The highest BCUT2D eigenvalue weighted by molar-refractivity contribution is 9.10. The Hall–Kier alpha value is -1.27. The first-order chi connectivity index (χ1) is 8.36. The molecule has 0 saturated carbocycles. The molecular weight excluding hydrogens is 304 g/mol. The molecule has 18 heavy (non-hydrogen) atoms. The predicted molar refractivity (Wildman–Crippen MR) is 68.8 cm³/mol. The van der Waals surface area contributed by atoms with Crippen molar-refractivity contribution in [1.82, 2.24) is 0 Å². The molecule has 0 saturated heterocycles. The molecular formula is C12H15BrO5. The van der Waals surface area contributed by atoms with Crippen molar-refractivity contribution in [3.05, 3.63) is 21.2 Å². The summed E-state index contributed by atoms with van der Waals surface area (Å²) in [5.74, 6) is -0.884. The minimum Gasteiger partial charge on any atom is -0.504 e. The highest BCUT2D eigenvalue weighted by Crippen LogP contribution is 2.43. The highest BCUT2D eigenvalue weighted by atomic mass is 79.9. The molecule has 1 aromatic rings. The maximum absolute atomic E-state index is 11.4. The van der Waals surface area contributed by atoms with Crippen LogP contribution in [0.3, 0.4) is 0 Å². The van der Waals surface area contributed by atoms with E-state index in [1.807, 2.05) is 0 Å². The molecule has 0 spiro atoms. The van der Waals surface area contributed by atoms with Gasteiger partial charge in [-0.05, 0) is 19.4 Å². The standard InChI is InChI=1S/C12H15BrO5/c1-5-7(10(15)12(16)18-4)9(14)11(17-3)6(2)8(5)13/h10,14-15H,1-4H3. The fraction of sp³-hybridized carbons (Fsp3) is 0.417. The summed E-state index contributed by atoms with van der Waals surface area (Å²) in [5, 5.41) is 20.0. The number of aliphatic hydroxyl groups is 1. The third-order valence-corrected chi connectivity index (χ3v) is 3.96. The third kappa shape index (κ3) is 2.30. The van der Waals surface area contributed by atoms with Crippen LogP contribution in [-0.2, 0) is 9.53 Å². The second kappa shape index (κ2) is 5.58. The Balaban J connectivity index is 3.54. The van der Waals surface area contributed by atoms with Gasteiger partial charge in [0.2, 0.25) is 0 Å². The molecule has 0 aliphatic carbocycles. The maximum Gasteiger partial charge on any atom is 0.339 e. The summed E-state index contributed by atoms with van der Waals surface area (Å²) in [4.78, 5) is 11.4. The number of rotatable bonds is 3. The Morgan fingerprint density at radius 2 is 1.83 bits per heavy atom. The van der Waals surface area contributed by atoms with E-state index in [4.69, 9.17) is 4.74 Å². The lowest BCUT2D eigenvalue weighted by atomic mass is 9.98. The minimum absolute atomic E-state index is 0.0798. The number of methoxy groups -OCH3 is 2. The van der Waals surface area contributed by atoms with Gasteiger partial charge in [-0.3, -0.25) is 0 Å². The van der Waals surface area contributed by atoms with E-state index in [0.29, 0.717) is 15.6 Å². The van der Waals surface area contributed by atoms with Gasteiger partial charge in [-0.15, -0.1) is 0 Å². The highest BCUT2D eigenvalue weighted by Gasteiger charge is 2.28. The van der Waals surface area contributed by atoms with Crippen molar-refractivity contribution >= 4 is 21.9 Å². The van der Waals surface area contributed by atoms with Crippen molar-refractivity contribution in [3.63, 3.8) is 0 Å². The van der Waals surface area contributed by atoms with Crippen LogP contribution in [0.15, 0.2) is 4.47 Å². The van der Waals surface area contributed by atoms with Gasteiger partial charge in [-0.1, -0.05) is 15.9 Å². The third-order valence-electron chi connectivity index (χ3n) is 2.78. The van der Waals surface area contributed by atoms with Gasteiger partial charge in [0, 0.05) is 15.6 Å². The van der Waals surface area contributed by atoms with Crippen molar-refractivity contribution in [2.75, 3.05) is 14.2 Å². The quantitative estimate of drug-likeness (QED) is 0.833. The molecule has 1 atom stereocenters. The van der Waals surface area contributed by atoms with Crippen molar-refractivity contribution in [1.29, 1.82) is 0 Å². The number of benzene rings is 1. The number of phenolic OH excluding ortho intramolecular Hbond substituents is 1. The molecule has 1 unspecified atom stereocenters. The van der Waals surface area contributed by atoms with E-state index in [2.05, 4.69) is 20.7 Å². The van der Waals surface area contributed by atoms with Gasteiger partial charge in [0.1, 0.15) is 0 Å². The zero-order chi connectivity index (χ0) is 14.0. The molecule has 0 fully saturated rings. The van der Waals surface area contributed by atoms with Crippen LogP contribution < -0.4 is 4.74 Å². The first kappa shape index (κ1) is 14.8. The largest absolute Gasteiger partial charge is 0.504 e. The van der Waals surface area contributed by atoms with Crippen molar-refractivity contribution in [3.8, 4) is 11.5 Å². The van der Waals surface area contributed by atoms with Gasteiger partial charge in [0.15, 0.2) is 17.6 Å². The number of hydrogen-bond acceptors (Lipinski definition) is 5. The van der Waals surface area contributed by atoms with E-state index in [1.165, 1.54) is 14.2 Å². The van der Waals surface area contributed by atoms with Gasteiger partial charge in [-0.2, -0.15) is 0 Å². The first-order valence-electron chi connectivity index (χ1n) is 5.18. The molecule has 1 rings (SSSR count). The number of halogens is 1. The summed E-state index contributed by atoms with van der Waals surface area (Å²) in [7, 11) is 2.57. The van der Waals surface area contributed by atoms with Crippen LogP contribution in [0.1, 0.15) is 22.8 Å². The van der Waals surface area contributed by atoms with Crippen LogP contribution in [0.5, 0.6) is 11.5 Å². The van der Waals surface area contributed by atoms with Crippen LogP contribution in [0.25, 0.3) is 0 Å². The number of hydrogen-bond donors (Lipinski definition) is 2. The summed E-state index contributed by atoms with van der Waals surface area (Å²) in [6.07, 6.45) is -1.55. The normalized spacial score (nSPS) is 12.1. The molecule has 0 aliphatic rings. The molecule has 0 heterocycles. The number of phenols is 1. The lowest BCUT2D eigenvalue weighted by Crippen LogP contribution is -2.15. The Labute approximate surface area is 113 Å². The van der Waals surface area contributed by atoms with E-state index in [1.54, 1.807) is 13.8 Å². The van der Waals surface area contributed by atoms with Crippen molar-refractivity contribution in [2.45, 2.75) is 20.0 Å². The van der Waals surface area contributed by atoms with Gasteiger partial charge < -0.3 is 19.7 Å². The maximum atomic E-state index is 11.4. The molecule has 0 aromatic heterocycles. The Morgan fingerprint density at radius 1 is 1.28 bits per heavy atom. The number of aromatic hydroxyl groups is 1. The lowest BCUT2D eigenvalue weighted by molar-refractivity contribution is -0.150. The van der Waals surface area contributed by atoms with E-state index < -0.39 is 12.1 Å². The lowest BCUT2D eigenvalue weighted by Gasteiger charge is -2.19. The van der Waals surface area contributed by atoms with E-state index >= 15 is 0 Å². The molecule has 100 valence electrons. The predicted octanol–water partition coefficient (Wildman–Crippen LogP) is 1.99. The number of esters is 1. The molecule has 0 radical (unpaired) electrons. The number of ether oxygens (including phenoxy) is 2. The van der Waals surface area contributed by atoms with Crippen LogP contribution in [0.2, 0.25) is 0 Å². The fourth-order valence-electron chi connectivity index (χ4n) is 1.79. The van der Waals surface area contributed by atoms with E-state index in [9.17, 15) is 15.0 Å². The average Bonchev–Trinajstić information content (AvgIpc) is 2.35. The van der Waals surface area contributed by atoms with Crippen LogP contribution in [0, 0.1) is 13.8 Å². The average molecular weight is 319 g/mol. The summed E-state index contributed by atoms with van der Waals surface area (Å²) in [6.45, 7) is 3.43. The summed E-state index contributed by atoms with van der Waals surface area (Å²) in [5.41, 5.74) is 1.33. The zero-order valence-electron chi connectivity index (χ0n) is 10.6. The fourth-order valence-corrected chi connectivity index (χ4v) is 2.18. The van der Waals surface area contributed by atoms with Crippen LogP contribution in [0.4, 0.5) is 0 Å². The Morgan fingerprint density at radius 3 is 2.28 bits per heavy atom. The van der Waals surface area contributed by atoms with Gasteiger partial charge in [-0.25, -0.2) is 4.79 Å². The monoisotopic (exact) mass is 318 g/mol. The van der Waals surface area contributed by atoms with Gasteiger partial charge in [0.05, 0.1) is 14.2 Å². The molecule has 0 aliphatic heterocycles. The molecule has 0 bridgehead atoms.